The number of methoxy groups -OCH3 is 1. The molecule has 2 unspecified atom stereocenters. The summed E-state index contributed by atoms with van der Waals surface area (Å²) in [5, 5.41) is 9.96. The van der Waals surface area contributed by atoms with Gasteiger partial charge < -0.3 is 19.5 Å². The van der Waals surface area contributed by atoms with E-state index in [9.17, 15) is 9.90 Å². The molecule has 1 N–H and O–H groups in total. The number of morpholine rings is 1. The number of aryl methyl sites for hydroxylation is 1. The number of hydrogen-bond donors (Lipinski definition) is 1. The minimum Gasteiger partial charge on any atom is -0.464 e. The van der Waals surface area contributed by atoms with Crippen LogP contribution in [0, 0.1) is 6.92 Å². The van der Waals surface area contributed by atoms with Crippen LogP contribution < -0.4 is 4.90 Å². The SMILES string of the molecule is COC(=O)c1nc(N2CC(CO)OCC2C)sc1C. The van der Waals surface area contributed by atoms with Crippen LogP contribution in [0.15, 0.2) is 0 Å². The lowest BCUT2D eigenvalue weighted by molar-refractivity contribution is -0.0103. The molecule has 19 heavy (non-hydrogen) atoms. The number of esters is 1. The molecular weight excluding hydrogens is 268 g/mol. The minimum absolute atomic E-state index is 0.0164. The van der Waals surface area contributed by atoms with Gasteiger partial charge in [0.15, 0.2) is 10.8 Å². The third-order valence-corrected chi connectivity index (χ3v) is 4.13. The summed E-state index contributed by atoms with van der Waals surface area (Å²) >= 11 is 1.46. The van der Waals surface area contributed by atoms with Crippen LogP contribution >= 0.6 is 11.3 Å². The molecule has 0 aliphatic carbocycles. The fraction of sp³-hybridized carbons (Fsp3) is 0.667. The fourth-order valence-electron chi connectivity index (χ4n) is 1.99. The van der Waals surface area contributed by atoms with Crippen LogP contribution in [0.4, 0.5) is 5.13 Å². The molecule has 1 aromatic heterocycles. The Morgan fingerprint density at radius 3 is 3.05 bits per heavy atom. The highest BCUT2D eigenvalue weighted by molar-refractivity contribution is 7.15. The van der Waals surface area contributed by atoms with Gasteiger partial charge in [0.2, 0.25) is 0 Å². The number of hydrogen-bond acceptors (Lipinski definition) is 7. The van der Waals surface area contributed by atoms with E-state index in [-0.39, 0.29) is 18.8 Å². The van der Waals surface area contributed by atoms with Crippen molar-refractivity contribution in [3.05, 3.63) is 10.6 Å². The average Bonchev–Trinajstić information content (AvgIpc) is 2.80. The molecule has 106 valence electrons. The van der Waals surface area contributed by atoms with Crippen LogP contribution in [0.3, 0.4) is 0 Å². The quantitative estimate of drug-likeness (QED) is 0.830. The largest absolute Gasteiger partial charge is 0.464 e. The number of ether oxygens (including phenoxy) is 2. The van der Waals surface area contributed by atoms with Crippen LogP contribution in [0.2, 0.25) is 0 Å². The van der Waals surface area contributed by atoms with Crippen molar-refractivity contribution in [3.8, 4) is 0 Å². The van der Waals surface area contributed by atoms with Gasteiger partial charge in [-0.05, 0) is 13.8 Å². The first kappa shape index (κ1) is 14.2. The highest BCUT2D eigenvalue weighted by Gasteiger charge is 2.29. The summed E-state index contributed by atoms with van der Waals surface area (Å²) in [5.41, 5.74) is 0.363. The van der Waals surface area contributed by atoms with Gasteiger partial charge in [-0.25, -0.2) is 9.78 Å². The summed E-state index contributed by atoms with van der Waals surface area (Å²) in [5.74, 6) is -0.417. The molecule has 1 aliphatic heterocycles. The average molecular weight is 286 g/mol. The molecule has 2 heterocycles. The topological polar surface area (TPSA) is 71.9 Å². The predicted octanol–water partition coefficient (Wildman–Crippen LogP) is 0.824. The first-order valence-electron chi connectivity index (χ1n) is 6.11. The van der Waals surface area contributed by atoms with Crippen molar-refractivity contribution >= 4 is 22.4 Å². The van der Waals surface area contributed by atoms with E-state index in [4.69, 9.17) is 9.47 Å². The Bertz CT molecular complexity index is 463. The first-order valence-corrected chi connectivity index (χ1v) is 6.93. The van der Waals surface area contributed by atoms with Crippen molar-refractivity contribution < 1.29 is 19.4 Å². The van der Waals surface area contributed by atoms with Crippen molar-refractivity contribution in [3.63, 3.8) is 0 Å². The van der Waals surface area contributed by atoms with Crippen LogP contribution in [-0.4, -0.2) is 55.1 Å². The second-order valence-corrected chi connectivity index (χ2v) is 5.71. The van der Waals surface area contributed by atoms with Crippen molar-refractivity contribution in [2.75, 3.05) is 31.8 Å². The summed E-state index contributed by atoms with van der Waals surface area (Å²) in [6.07, 6.45) is -0.206. The fourth-order valence-corrected chi connectivity index (χ4v) is 2.99. The Kier molecular flexibility index (Phi) is 4.38. The highest BCUT2D eigenvalue weighted by atomic mass is 32.1. The summed E-state index contributed by atoms with van der Waals surface area (Å²) < 4.78 is 10.2. The number of nitrogens with zero attached hydrogens (tertiary/aromatic N) is 2. The molecule has 0 spiro atoms. The number of aliphatic hydroxyl groups is 1. The molecule has 0 radical (unpaired) electrons. The molecule has 0 aromatic carbocycles. The molecule has 6 nitrogen and oxygen atoms in total. The molecule has 2 atom stereocenters. The van der Waals surface area contributed by atoms with Gasteiger partial charge in [0.1, 0.15) is 0 Å². The molecule has 0 amide bonds. The summed E-state index contributed by atoms with van der Waals surface area (Å²) in [6.45, 7) is 4.98. The number of carbonyl (C=O) groups is 1. The van der Waals surface area contributed by atoms with Crippen molar-refractivity contribution in [2.45, 2.75) is 26.0 Å². The minimum atomic E-state index is -0.417. The van der Waals surface area contributed by atoms with Crippen LogP contribution in [0.25, 0.3) is 0 Å². The third kappa shape index (κ3) is 2.88. The van der Waals surface area contributed by atoms with Gasteiger partial charge in [0.25, 0.3) is 0 Å². The zero-order chi connectivity index (χ0) is 14.0. The second kappa shape index (κ2) is 5.85. The van der Waals surface area contributed by atoms with Crippen molar-refractivity contribution in [1.82, 2.24) is 4.98 Å². The Morgan fingerprint density at radius 1 is 1.68 bits per heavy atom. The third-order valence-electron chi connectivity index (χ3n) is 3.12. The van der Waals surface area contributed by atoms with Gasteiger partial charge in [0.05, 0.1) is 32.5 Å². The molecule has 0 bridgehead atoms. The zero-order valence-corrected chi connectivity index (χ0v) is 12.1. The van der Waals surface area contributed by atoms with Gasteiger partial charge >= 0.3 is 5.97 Å². The van der Waals surface area contributed by atoms with E-state index in [1.807, 2.05) is 13.8 Å². The Labute approximate surface area is 116 Å². The van der Waals surface area contributed by atoms with E-state index in [0.717, 1.165) is 10.0 Å². The number of thiazole rings is 1. The first-order chi connectivity index (χ1) is 9.06. The predicted molar refractivity (Wildman–Crippen MR) is 71.8 cm³/mol. The molecule has 1 aliphatic rings. The molecule has 1 saturated heterocycles. The lowest BCUT2D eigenvalue weighted by Crippen LogP contribution is -2.49. The van der Waals surface area contributed by atoms with E-state index < -0.39 is 5.97 Å². The molecule has 7 heteroatoms. The molecular formula is C12H18N2O4S. The number of aromatic nitrogens is 1. The van der Waals surface area contributed by atoms with Gasteiger partial charge in [-0.3, -0.25) is 0 Å². The van der Waals surface area contributed by atoms with E-state index in [1.54, 1.807) is 0 Å². The Balaban J connectivity index is 2.23. The van der Waals surface area contributed by atoms with Gasteiger partial charge in [0, 0.05) is 11.4 Å². The normalized spacial score (nSPS) is 23.5. The van der Waals surface area contributed by atoms with Crippen LogP contribution in [0.5, 0.6) is 0 Å². The summed E-state index contributed by atoms with van der Waals surface area (Å²) in [7, 11) is 1.35. The maximum Gasteiger partial charge on any atom is 0.357 e. The maximum atomic E-state index is 11.6. The summed E-state index contributed by atoms with van der Waals surface area (Å²) in [6, 6.07) is 0.166. The van der Waals surface area contributed by atoms with E-state index in [0.29, 0.717) is 18.8 Å². The van der Waals surface area contributed by atoms with Crippen LogP contribution in [0.1, 0.15) is 22.3 Å². The number of rotatable bonds is 3. The second-order valence-electron chi connectivity index (χ2n) is 4.53. The summed E-state index contributed by atoms with van der Waals surface area (Å²) in [4.78, 5) is 18.8. The Hall–Kier alpha value is -1.18. The van der Waals surface area contributed by atoms with Gasteiger partial charge in [-0.1, -0.05) is 0 Å². The zero-order valence-electron chi connectivity index (χ0n) is 11.3. The lowest BCUT2D eigenvalue weighted by Gasteiger charge is -2.37. The van der Waals surface area contributed by atoms with E-state index in [1.165, 1.54) is 18.4 Å². The van der Waals surface area contributed by atoms with E-state index in [2.05, 4.69) is 9.88 Å². The number of anilines is 1. The molecule has 1 fully saturated rings. The van der Waals surface area contributed by atoms with E-state index >= 15 is 0 Å². The van der Waals surface area contributed by atoms with Gasteiger partial charge in [-0.15, -0.1) is 11.3 Å². The highest BCUT2D eigenvalue weighted by Crippen LogP contribution is 2.29. The van der Waals surface area contributed by atoms with Gasteiger partial charge in [-0.2, -0.15) is 0 Å². The maximum absolute atomic E-state index is 11.6. The monoisotopic (exact) mass is 286 g/mol. The smallest absolute Gasteiger partial charge is 0.357 e. The molecule has 1 aromatic rings. The Morgan fingerprint density at radius 2 is 2.42 bits per heavy atom. The lowest BCUT2D eigenvalue weighted by atomic mass is 10.2. The van der Waals surface area contributed by atoms with Crippen molar-refractivity contribution in [1.29, 1.82) is 0 Å². The molecule has 2 rings (SSSR count). The molecule has 0 saturated carbocycles. The van der Waals surface area contributed by atoms with Crippen LogP contribution in [-0.2, 0) is 9.47 Å². The van der Waals surface area contributed by atoms with Crippen molar-refractivity contribution in [2.24, 2.45) is 0 Å². The number of carbonyl (C=O) groups excluding carboxylic acids is 1. The standard InChI is InChI=1S/C12H18N2O4S/c1-7-6-18-9(5-15)4-14(7)12-13-10(8(2)19-12)11(16)17-3/h7,9,15H,4-6H2,1-3H3. The number of aliphatic hydroxyl groups excluding tert-OH is 1.